The monoisotopic (exact) mass is 554 g/mol. The zero-order valence-electron chi connectivity index (χ0n) is 20.8. The van der Waals surface area contributed by atoms with E-state index in [1.807, 2.05) is 6.07 Å². The Labute approximate surface area is 221 Å². The highest BCUT2D eigenvalue weighted by Gasteiger charge is 2.51. The molecule has 0 aliphatic carbocycles. The number of hydrogen-bond acceptors (Lipinski definition) is 3. The van der Waals surface area contributed by atoms with E-state index in [9.17, 15) is 31.1 Å². The maximum Gasteiger partial charge on any atom is 0.413 e. The van der Waals surface area contributed by atoms with Crippen molar-refractivity contribution in [2.75, 3.05) is 20.1 Å². The molecule has 0 saturated carbocycles. The minimum absolute atomic E-state index is 0.00393. The summed E-state index contributed by atoms with van der Waals surface area (Å²) in [5.41, 5.74) is 0.823. The number of likely N-dealkylation sites (tertiary alicyclic amines) is 1. The number of thiophene rings is 1. The smallest absolute Gasteiger partial charge is 0.330 e. The second-order valence-electron chi connectivity index (χ2n) is 9.62. The molecule has 1 aliphatic rings. The van der Waals surface area contributed by atoms with Gasteiger partial charge in [-0.05, 0) is 48.0 Å². The van der Waals surface area contributed by atoms with Gasteiger partial charge in [-0.3, -0.25) is 9.69 Å². The molecule has 1 amide bonds. The lowest BCUT2D eigenvalue weighted by atomic mass is 9.81. The normalized spacial score (nSPS) is 20.6. The molecule has 4 unspecified atom stereocenters. The van der Waals surface area contributed by atoms with Crippen molar-refractivity contribution in [3.63, 3.8) is 0 Å². The lowest BCUT2D eigenvalue weighted by Crippen LogP contribution is -2.51. The van der Waals surface area contributed by atoms with Gasteiger partial charge in [-0.1, -0.05) is 60.7 Å². The maximum atomic E-state index is 14.3. The molecule has 0 N–H and O–H groups in total. The van der Waals surface area contributed by atoms with Crippen LogP contribution in [0.25, 0.3) is 0 Å². The number of piperidine rings is 1. The lowest BCUT2D eigenvalue weighted by molar-refractivity contribution is -0.196. The standard InChI is InChI=1S/C28H28F6N2OS/c1-18-14-16-38-23(18)22-17-36(25(28(32,33)34)20-11-7-4-8-12-20)15-13-21(22)26(37)35(2)24(27(29,30)31)19-9-5-3-6-10-19/h3-12,14,16,21-22,24-25H,13,15,17H2,1-2H3. The van der Waals surface area contributed by atoms with Crippen LogP contribution >= 0.6 is 11.3 Å². The number of nitrogens with zero attached hydrogens (tertiary/aromatic N) is 2. The first-order chi connectivity index (χ1) is 17.9. The lowest BCUT2D eigenvalue weighted by Gasteiger charge is -2.44. The highest BCUT2D eigenvalue weighted by atomic mass is 32.1. The van der Waals surface area contributed by atoms with Gasteiger partial charge in [0.25, 0.3) is 0 Å². The number of alkyl halides is 6. The molecule has 1 fully saturated rings. The van der Waals surface area contributed by atoms with Crippen molar-refractivity contribution in [3.8, 4) is 0 Å². The molecule has 3 aromatic rings. The molecular formula is C28H28F6N2OS. The Morgan fingerprint density at radius 3 is 2.00 bits per heavy atom. The number of carbonyl (C=O) groups is 1. The number of benzene rings is 2. The highest BCUT2D eigenvalue weighted by molar-refractivity contribution is 7.10. The van der Waals surface area contributed by atoms with Gasteiger partial charge < -0.3 is 4.90 Å². The van der Waals surface area contributed by atoms with E-state index < -0.39 is 42.2 Å². The Morgan fingerprint density at radius 1 is 0.921 bits per heavy atom. The van der Waals surface area contributed by atoms with Gasteiger partial charge in [0, 0.05) is 30.3 Å². The summed E-state index contributed by atoms with van der Waals surface area (Å²) >= 11 is 1.32. The van der Waals surface area contributed by atoms with Crippen LogP contribution in [-0.4, -0.2) is 48.2 Å². The van der Waals surface area contributed by atoms with Crippen LogP contribution in [0.4, 0.5) is 26.3 Å². The van der Waals surface area contributed by atoms with Crippen molar-refractivity contribution in [1.82, 2.24) is 9.80 Å². The minimum Gasteiger partial charge on any atom is -0.330 e. The molecule has 0 bridgehead atoms. The third kappa shape index (κ3) is 5.91. The molecule has 4 atom stereocenters. The maximum absolute atomic E-state index is 14.3. The van der Waals surface area contributed by atoms with Gasteiger partial charge in [0.05, 0.1) is 0 Å². The number of aryl methyl sites for hydroxylation is 1. The first kappa shape index (κ1) is 28.2. The van der Waals surface area contributed by atoms with Gasteiger partial charge >= 0.3 is 12.4 Å². The second-order valence-corrected chi connectivity index (χ2v) is 10.6. The topological polar surface area (TPSA) is 23.6 Å². The van der Waals surface area contributed by atoms with Gasteiger partial charge in [-0.2, -0.15) is 26.3 Å². The number of halogens is 6. The predicted octanol–water partition coefficient (Wildman–Crippen LogP) is 7.53. The zero-order chi connectivity index (χ0) is 27.7. The van der Waals surface area contributed by atoms with Crippen molar-refractivity contribution in [1.29, 1.82) is 0 Å². The minimum atomic E-state index is -4.73. The van der Waals surface area contributed by atoms with Crippen LogP contribution in [0.3, 0.4) is 0 Å². The van der Waals surface area contributed by atoms with Gasteiger partial charge in [-0.15, -0.1) is 11.3 Å². The molecule has 38 heavy (non-hydrogen) atoms. The van der Waals surface area contributed by atoms with Gasteiger partial charge in [0.2, 0.25) is 5.91 Å². The van der Waals surface area contributed by atoms with Crippen LogP contribution in [0, 0.1) is 12.8 Å². The van der Waals surface area contributed by atoms with Gasteiger partial charge in [0.15, 0.2) is 6.04 Å². The second kappa shape index (κ2) is 11.1. The molecular weight excluding hydrogens is 526 g/mol. The van der Waals surface area contributed by atoms with Crippen LogP contribution in [-0.2, 0) is 4.79 Å². The SMILES string of the molecule is Cc1ccsc1C1CN(C(c2ccccc2)C(F)(F)F)CCC1C(=O)N(C)C(c1ccccc1)C(F)(F)F. The summed E-state index contributed by atoms with van der Waals surface area (Å²) in [6.45, 7) is 1.62. The fourth-order valence-electron chi connectivity index (χ4n) is 5.44. The highest BCUT2D eigenvalue weighted by Crippen LogP contribution is 2.46. The summed E-state index contributed by atoms with van der Waals surface area (Å²) in [6.07, 6.45) is -9.29. The summed E-state index contributed by atoms with van der Waals surface area (Å²) < 4.78 is 85.5. The van der Waals surface area contributed by atoms with Crippen LogP contribution in [0.2, 0.25) is 0 Å². The van der Waals surface area contributed by atoms with Crippen molar-refractivity contribution >= 4 is 17.2 Å². The van der Waals surface area contributed by atoms with Gasteiger partial charge in [-0.25, -0.2) is 0 Å². The van der Waals surface area contributed by atoms with Crippen molar-refractivity contribution in [3.05, 3.63) is 93.7 Å². The number of carbonyl (C=O) groups excluding carboxylic acids is 1. The Kier molecular flexibility index (Phi) is 8.23. The largest absolute Gasteiger partial charge is 0.413 e. The third-order valence-electron chi connectivity index (χ3n) is 7.15. The van der Waals surface area contributed by atoms with Crippen LogP contribution < -0.4 is 0 Å². The Hall–Kier alpha value is -2.85. The van der Waals surface area contributed by atoms with Crippen molar-refractivity contribution in [2.45, 2.75) is 43.7 Å². The van der Waals surface area contributed by atoms with Crippen LogP contribution in [0.15, 0.2) is 72.1 Å². The first-order valence-electron chi connectivity index (χ1n) is 12.2. The van der Waals surface area contributed by atoms with E-state index in [1.165, 1.54) is 52.6 Å². The number of rotatable bonds is 6. The molecule has 204 valence electrons. The molecule has 0 radical (unpaired) electrons. The molecule has 3 nitrogen and oxygen atoms in total. The van der Waals surface area contributed by atoms with Gasteiger partial charge in [0.1, 0.15) is 6.04 Å². The molecule has 2 heterocycles. The van der Waals surface area contributed by atoms with Crippen LogP contribution in [0.1, 0.15) is 46.0 Å². The Morgan fingerprint density at radius 2 is 1.50 bits per heavy atom. The van der Waals surface area contributed by atoms with Crippen molar-refractivity contribution < 1.29 is 31.1 Å². The van der Waals surface area contributed by atoms with E-state index in [1.54, 1.807) is 36.6 Å². The molecule has 1 saturated heterocycles. The van der Waals surface area contributed by atoms with E-state index in [0.29, 0.717) is 4.90 Å². The average Bonchev–Trinajstić information content (AvgIpc) is 3.29. The summed E-state index contributed by atoms with van der Waals surface area (Å²) in [7, 11) is 1.13. The van der Waals surface area contributed by atoms with E-state index in [4.69, 9.17) is 0 Å². The summed E-state index contributed by atoms with van der Waals surface area (Å²) in [4.78, 5) is 16.4. The molecule has 1 aromatic heterocycles. The van der Waals surface area contributed by atoms with E-state index in [0.717, 1.165) is 17.5 Å². The molecule has 2 aromatic carbocycles. The summed E-state index contributed by atoms with van der Waals surface area (Å²) in [5.74, 6) is -2.30. The number of amides is 1. The molecule has 4 rings (SSSR count). The molecule has 0 spiro atoms. The first-order valence-corrected chi connectivity index (χ1v) is 13.1. The summed E-state index contributed by atoms with van der Waals surface area (Å²) in [5, 5.41) is 1.79. The fraction of sp³-hybridized carbons (Fsp3) is 0.393. The average molecular weight is 555 g/mol. The number of hydrogen-bond donors (Lipinski definition) is 0. The Bertz CT molecular complexity index is 1210. The third-order valence-corrected chi connectivity index (χ3v) is 8.30. The molecule has 10 heteroatoms. The van der Waals surface area contributed by atoms with Crippen LogP contribution in [0.5, 0.6) is 0 Å². The fourth-order valence-corrected chi connectivity index (χ4v) is 6.52. The van der Waals surface area contributed by atoms with E-state index in [2.05, 4.69) is 0 Å². The zero-order valence-corrected chi connectivity index (χ0v) is 21.7. The molecule has 1 aliphatic heterocycles. The summed E-state index contributed by atoms with van der Waals surface area (Å²) in [6, 6.07) is 12.5. The van der Waals surface area contributed by atoms with E-state index >= 15 is 0 Å². The quantitative estimate of drug-likeness (QED) is 0.294. The Balaban J connectivity index is 1.69. The van der Waals surface area contributed by atoms with Crippen molar-refractivity contribution in [2.24, 2.45) is 5.92 Å². The predicted molar refractivity (Wildman–Crippen MR) is 135 cm³/mol. The van der Waals surface area contributed by atoms with E-state index in [-0.39, 0.29) is 30.6 Å².